The first kappa shape index (κ1) is 13.1. The minimum atomic E-state index is -0.630. The molecule has 0 saturated carbocycles. The van der Waals surface area contributed by atoms with Crippen molar-refractivity contribution in [1.29, 1.82) is 5.26 Å². The van der Waals surface area contributed by atoms with E-state index in [2.05, 4.69) is 5.32 Å². The molecule has 5 heteroatoms. The zero-order valence-corrected chi connectivity index (χ0v) is 11.0. The monoisotopic (exact) mass is 282 g/mol. The molecule has 1 heterocycles. The number of carbonyl (C=O) groups is 1. The van der Waals surface area contributed by atoms with Crippen LogP contribution in [0, 0.1) is 17.1 Å². The number of ether oxygens (including phenoxy) is 1. The quantitative estimate of drug-likeness (QED) is 0.921. The number of benzene rings is 2. The molecule has 104 valence electrons. The number of nitrogens with zero attached hydrogens (tertiary/aromatic N) is 1. The molecule has 1 unspecified atom stereocenters. The first-order valence-electron chi connectivity index (χ1n) is 6.41. The highest BCUT2D eigenvalue weighted by Gasteiger charge is 2.30. The summed E-state index contributed by atoms with van der Waals surface area (Å²) in [5.41, 5.74) is 1.06. The Morgan fingerprint density at radius 3 is 2.90 bits per heavy atom. The Morgan fingerprint density at radius 2 is 2.14 bits per heavy atom. The fourth-order valence-corrected chi connectivity index (χ4v) is 2.29. The van der Waals surface area contributed by atoms with E-state index >= 15 is 0 Å². The predicted octanol–water partition coefficient (Wildman–Crippen LogP) is 2.81. The Kier molecular flexibility index (Phi) is 3.28. The molecular weight excluding hydrogens is 271 g/mol. The van der Waals surface area contributed by atoms with Crippen LogP contribution in [0.3, 0.4) is 0 Å². The molecule has 0 saturated heterocycles. The number of anilines is 1. The van der Waals surface area contributed by atoms with E-state index in [4.69, 9.17) is 10.00 Å². The van der Waals surface area contributed by atoms with Gasteiger partial charge in [-0.25, -0.2) is 4.39 Å². The third kappa shape index (κ3) is 2.43. The zero-order valence-electron chi connectivity index (χ0n) is 11.0. The van der Waals surface area contributed by atoms with Crippen LogP contribution in [0.2, 0.25) is 0 Å². The zero-order chi connectivity index (χ0) is 14.8. The number of hydrogen-bond acceptors (Lipinski definition) is 3. The highest BCUT2D eigenvalue weighted by atomic mass is 19.1. The van der Waals surface area contributed by atoms with Crippen molar-refractivity contribution in [2.45, 2.75) is 5.92 Å². The molecule has 1 aliphatic heterocycles. The largest absolute Gasteiger partial charge is 0.492 e. The summed E-state index contributed by atoms with van der Waals surface area (Å²) in [4.78, 5) is 12.3. The lowest BCUT2D eigenvalue weighted by atomic mass is 10.0. The first-order chi connectivity index (χ1) is 10.2. The second kappa shape index (κ2) is 5.25. The highest BCUT2D eigenvalue weighted by Crippen LogP contribution is 2.34. The Hall–Kier alpha value is -2.87. The van der Waals surface area contributed by atoms with Crippen molar-refractivity contribution in [2.75, 3.05) is 11.9 Å². The van der Waals surface area contributed by atoms with Crippen LogP contribution in [0.5, 0.6) is 5.75 Å². The van der Waals surface area contributed by atoms with Crippen LogP contribution in [0.15, 0.2) is 42.5 Å². The smallest absolute Gasteiger partial charge is 0.235 e. The first-order valence-corrected chi connectivity index (χ1v) is 6.41. The van der Waals surface area contributed by atoms with E-state index in [1.807, 2.05) is 24.3 Å². The fourth-order valence-electron chi connectivity index (χ4n) is 2.29. The minimum absolute atomic E-state index is 0.0587. The normalized spacial score (nSPS) is 15.7. The second-order valence-electron chi connectivity index (χ2n) is 4.70. The van der Waals surface area contributed by atoms with Crippen LogP contribution >= 0.6 is 0 Å². The van der Waals surface area contributed by atoms with Gasteiger partial charge in [0.05, 0.1) is 17.3 Å². The molecule has 2 aromatic carbocycles. The summed E-state index contributed by atoms with van der Waals surface area (Å²) in [6.45, 7) is 0.239. The molecule has 2 aromatic rings. The van der Waals surface area contributed by atoms with Gasteiger partial charge < -0.3 is 10.1 Å². The number of nitriles is 1. The van der Waals surface area contributed by atoms with E-state index < -0.39 is 11.7 Å². The number of halogens is 1. The molecule has 3 rings (SSSR count). The number of carbonyl (C=O) groups excluding carboxylic acids is 1. The summed E-state index contributed by atoms with van der Waals surface area (Å²) in [7, 11) is 0. The molecule has 1 amide bonds. The summed E-state index contributed by atoms with van der Waals surface area (Å²) in [5.74, 6) is -0.743. The van der Waals surface area contributed by atoms with Crippen molar-refractivity contribution < 1.29 is 13.9 Å². The molecule has 4 nitrogen and oxygen atoms in total. The Morgan fingerprint density at radius 1 is 1.33 bits per heavy atom. The molecule has 1 atom stereocenters. The lowest BCUT2D eigenvalue weighted by molar-refractivity contribution is -0.117. The van der Waals surface area contributed by atoms with Crippen molar-refractivity contribution in [3.63, 3.8) is 0 Å². The summed E-state index contributed by atoms with van der Waals surface area (Å²) < 4.78 is 19.2. The summed E-state index contributed by atoms with van der Waals surface area (Å²) >= 11 is 0. The molecule has 1 N–H and O–H groups in total. The van der Waals surface area contributed by atoms with Crippen LogP contribution in [0.1, 0.15) is 17.0 Å². The van der Waals surface area contributed by atoms with Gasteiger partial charge in [-0.05, 0) is 24.3 Å². The van der Waals surface area contributed by atoms with Gasteiger partial charge in [0.15, 0.2) is 0 Å². The summed E-state index contributed by atoms with van der Waals surface area (Å²) in [6.07, 6.45) is 0. The van der Waals surface area contributed by atoms with Gasteiger partial charge >= 0.3 is 0 Å². The van der Waals surface area contributed by atoms with Crippen molar-refractivity contribution in [3.05, 3.63) is 59.4 Å². The van der Waals surface area contributed by atoms with Crippen molar-refractivity contribution in [1.82, 2.24) is 0 Å². The molecule has 0 spiro atoms. The van der Waals surface area contributed by atoms with E-state index in [0.29, 0.717) is 5.75 Å². The fraction of sp³-hybridized carbons (Fsp3) is 0.125. The SMILES string of the molecule is N#Cc1ccc(NC(=O)C2COc3ccccc32)c(F)c1. The molecule has 0 aliphatic carbocycles. The average molecular weight is 282 g/mol. The number of amides is 1. The summed E-state index contributed by atoms with van der Waals surface area (Å²) in [6, 6.07) is 13.1. The Balaban J connectivity index is 1.81. The van der Waals surface area contributed by atoms with Crippen LogP contribution in [-0.2, 0) is 4.79 Å². The molecule has 0 radical (unpaired) electrons. The van der Waals surface area contributed by atoms with Crippen molar-refractivity contribution >= 4 is 11.6 Å². The molecule has 1 aliphatic rings. The van der Waals surface area contributed by atoms with Gasteiger partial charge in [0.2, 0.25) is 5.91 Å². The van der Waals surface area contributed by atoms with Gasteiger partial charge in [-0.15, -0.1) is 0 Å². The van der Waals surface area contributed by atoms with Gasteiger partial charge in [-0.1, -0.05) is 18.2 Å². The minimum Gasteiger partial charge on any atom is -0.492 e. The predicted molar refractivity (Wildman–Crippen MR) is 74.4 cm³/mol. The lowest BCUT2D eigenvalue weighted by Gasteiger charge is -2.11. The molecule has 0 fully saturated rings. The van der Waals surface area contributed by atoms with E-state index in [-0.39, 0.29) is 23.8 Å². The van der Waals surface area contributed by atoms with Gasteiger partial charge in [0.25, 0.3) is 0 Å². The molecule has 0 bridgehead atoms. The highest BCUT2D eigenvalue weighted by molar-refractivity contribution is 5.97. The van der Waals surface area contributed by atoms with Gasteiger partial charge in [0.1, 0.15) is 24.1 Å². The van der Waals surface area contributed by atoms with Gasteiger partial charge in [-0.3, -0.25) is 4.79 Å². The van der Waals surface area contributed by atoms with Crippen LogP contribution in [0.4, 0.5) is 10.1 Å². The second-order valence-corrected chi connectivity index (χ2v) is 4.70. The van der Waals surface area contributed by atoms with E-state index in [1.54, 1.807) is 6.07 Å². The molecule has 21 heavy (non-hydrogen) atoms. The van der Waals surface area contributed by atoms with Crippen molar-refractivity contribution in [3.8, 4) is 11.8 Å². The maximum Gasteiger partial charge on any atom is 0.235 e. The Labute approximate surface area is 120 Å². The van der Waals surface area contributed by atoms with Gasteiger partial charge in [0, 0.05) is 5.56 Å². The Bertz CT molecular complexity index is 752. The van der Waals surface area contributed by atoms with Crippen LogP contribution in [0.25, 0.3) is 0 Å². The number of hydrogen-bond donors (Lipinski definition) is 1. The third-order valence-electron chi connectivity index (χ3n) is 3.37. The number of fused-ring (bicyclic) bond motifs is 1. The standard InChI is InChI=1S/C16H11FN2O2/c17-13-7-10(8-18)5-6-14(13)19-16(20)12-9-21-15-4-2-1-3-11(12)15/h1-7,12H,9H2,(H,19,20). The molecule has 0 aromatic heterocycles. The maximum absolute atomic E-state index is 13.8. The van der Waals surface area contributed by atoms with E-state index in [9.17, 15) is 9.18 Å². The average Bonchev–Trinajstić information content (AvgIpc) is 2.93. The number of nitrogens with one attached hydrogen (secondary N) is 1. The van der Waals surface area contributed by atoms with Crippen LogP contribution in [-0.4, -0.2) is 12.5 Å². The third-order valence-corrected chi connectivity index (χ3v) is 3.37. The topological polar surface area (TPSA) is 62.1 Å². The van der Waals surface area contributed by atoms with Crippen LogP contribution < -0.4 is 10.1 Å². The van der Waals surface area contributed by atoms with E-state index in [0.717, 1.165) is 11.6 Å². The van der Waals surface area contributed by atoms with Crippen molar-refractivity contribution in [2.24, 2.45) is 0 Å². The number of rotatable bonds is 2. The molecular formula is C16H11FN2O2. The lowest BCUT2D eigenvalue weighted by Crippen LogP contribution is -2.22. The maximum atomic E-state index is 13.8. The number of para-hydroxylation sites is 1. The van der Waals surface area contributed by atoms with Gasteiger partial charge in [-0.2, -0.15) is 5.26 Å². The van der Waals surface area contributed by atoms with E-state index in [1.165, 1.54) is 12.1 Å². The summed E-state index contributed by atoms with van der Waals surface area (Å²) in [5, 5.41) is 11.2.